The molecule has 0 saturated carbocycles. The summed E-state index contributed by atoms with van der Waals surface area (Å²) in [4.78, 5) is 11.0. The van der Waals surface area contributed by atoms with E-state index in [1.165, 1.54) is 13.2 Å². The summed E-state index contributed by atoms with van der Waals surface area (Å²) in [5.74, 6) is -1.85. The van der Waals surface area contributed by atoms with Gasteiger partial charge in [-0.25, -0.2) is 4.79 Å². The van der Waals surface area contributed by atoms with Gasteiger partial charge in [-0.3, -0.25) is 0 Å². The normalized spacial score (nSPS) is 25.0. The lowest BCUT2D eigenvalue weighted by Gasteiger charge is -2.23. The van der Waals surface area contributed by atoms with Gasteiger partial charge >= 0.3 is 5.97 Å². The van der Waals surface area contributed by atoms with Crippen LogP contribution in [0.15, 0.2) is 11.8 Å². The minimum atomic E-state index is -1.53. The monoisotopic (exact) mass is 214 g/mol. The number of hydrogen-bond donors (Lipinski definition) is 1. The Morgan fingerprint density at radius 1 is 1.47 bits per heavy atom. The molecule has 86 valence electrons. The Morgan fingerprint density at radius 2 is 2.20 bits per heavy atom. The lowest BCUT2D eigenvalue weighted by molar-refractivity contribution is -0.193. The van der Waals surface area contributed by atoms with Crippen molar-refractivity contribution in [2.75, 3.05) is 7.11 Å². The zero-order valence-corrected chi connectivity index (χ0v) is 9.28. The Balaban J connectivity index is 2.45. The van der Waals surface area contributed by atoms with Gasteiger partial charge in [-0.2, -0.15) is 0 Å². The quantitative estimate of drug-likeness (QED) is 0.540. The lowest BCUT2D eigenvalue weighted by Crippen LogP contribution is -2.32. The third-order valence-corrected chi connectivity index (χ3v) is 2.49. The number of methoxy groups -OCH3 is 1. The Kier molecular flexibility index (Phi) is 4.15. The fourth-order valence-corrected chi connectivity index (χ4v) is 1.65. The highest BCUT2D eigenvalue weighted by molar-refractivity contribution is 5.85. The molecule has 0 aliphatic carbocycles. The minimum Gasteiger partial charge on any atom is -0.494 e. The number of ether oxygens (including phenoxy) is 2. The molecule has 1 rings (SSSR count). The number of esters is 1. The number of cyclic esters (lactones) is 1. The van der Waals surface area contributed by atoms with E-state index in [1.807, 2.05) is 0 Å². The second-order valence-corrected chi connectivity index (χ2v) is 3.73. The maximum atomic E-state index is 11.0. The van der Waals surface area contributed by atoms with E-state index in [-0.39, 0.29) is 5.76 Å². The van der Waals surface area contributed by atoms with Gasteiger partial charge in [0.25, 0.3) is 5.79 Å². The molecule has 0 aromatic heterocycles. The Labute approximate surface area is 89.9 Å². The summed E-state index contributed by atoms with van der Waals surface area (Å²) in [5, 5.41) is 9.98. The van der Waals surface area contributed by atoms with Gasteiger partial charge in [0.15, 0.2) is 5.76 Å². The van der Waals surface area contributed by atoms with E-state index in [9.17, 15) is 9.90 Å². The molecule has 0 spiro atoms. The molecule has 0 bridgehead atoms. The first kappa shape index (κ1) is 12.0. The van der Waals surface area contributed by atoms with Gasteiger partial charge in [0.1, 0.15) is 0 Å². The number of carbonyl (C=O) groups is 1. The molecule has 1 N–H and O–H groups in total. The number of unbranched alkanes of at least 4 members (excludes halogenated alkanes) is 3. The first-order valence-electron chi connectivity index (χ1n) is 5.34. The van der Waals surface area contributed by atoms with Crippen LogP contribution in [0, 0.1) is 0 Å². The van der Waals surface area contributed by atoms with Crippen molar-refractivity contribution in [3.05, 3.63) is 11.8 Å². The predicted molar refractivity (Wildman–Crippen MR) is 54.9 cm³/mol. The number of rotatable bonds is 6. The van der Waals surface area contributed by atoms with Gasteiger partial charge in [0, 0.05) is 6.42 Å². The van der Waals surface area contributed by atoms with Crippen molar-refractivity contribution in [3.8, 4) is 0 Å². The average molecular weight is 214 g/mol. The molecule has 1 atom stereocenters. The average Bonchev–Trinajstić information content (AvgIpc) is 2.49. The van der Waals surface area contributed by atoms with Gasteiger partial charge < -0.3 is 14.6 Å². The van der Waals surface area contributed by atoms with Crippen molar-refractivity contribution in [1.82, 2.24) is 0 Å². The van der Waals surface area contributed by atoms with Crippen molar-refractivity contribution >= 4 is 5.97 Å². The molecular weight excluding hydrogens is 196 g/mol. The Morgan fingerprint density at radius 3 is 2.80 bits per heavy atom. The van der Waals surface area contributed by atoms with Gasteiger partial charge in [-0.1, -0.05) is 26.2 Å². The van der Waals surface area contributed by atoms with Crippen molar-refractivity contribution in [2.24, 2.45) is 0 Å². The highest BCUT2D eigenvalue weighted by Crippen LogP contribution is 2.31. The maximum Gasteiger partial charge on any atom is 0.337 e. The zero-order valence-electron chi connectivity index (χ0n) is 9.28. The lowest BCUT2D eigenvalue weighted by atomic mass is 10.1. The maximum absolute atomic E-state index is 11.0. The van der Waals surface area contributed by atoms with E-state index in [1.54, 1.807) is 0 Å². The zero-order chi connectivity index (χ0) is 11.3. The van der Waals surface area contributed by atoms with Crippen LogP contribution in [0.5, 0.6) is 0 Å². The van der Waals surface area contributed by atoms with Gasteiger partial charge in [0.2, 0.25) is 0 Å². The second-order valence-electron chi connectivity index (χ2n) is 3.73. The molecule has 1 aliphatic rings. The van der Waals surface area contributed by atoms with Gasteiger partial charge in [0.05, 0.1) is 13.2 Å². The highest BCUT2D eigenvalue weighted by atomic mass is 16.7. The third kappa shape index (κ3) is 2.96. The summed E-state index contributed by atoms with van der Waals surface area (Å²) in [6.07, 6.45) is 5.69. The fraction of sp³-hybridized carbons (Fsp3) is 0.727. The molecule has 0 amide bonds. The molecule has 0 aromatic carbocycles. The van der Waals surface area contributed by atoms with E-state index < -0.39 is 11.8 Å². The molecule has 4 nitrogen and oxygen atoms in total. The number of hydrogen-bond acceptors (Lipinski definition) is 4. The largest absolute Gasteiger partial charge is 0.494 e. The summed E-state index contributed by atoms with van der Waals surface area (Å²) in [6, 6.07) is 0. The SMILES string of the molecule is CCCCCCC1(O)OC(=O)C=C1OC. The van der Waals surface area contributed by atoms with Crippen LogP contribution in [0.25, 0.3) is 0 Å². The van der Waals surface area contributed by atoms with E-state index in [2.05, 4.69) is 6.92 Å². The third-order valence-electron chi connectivity index (χ3n) is 2.49. The Bertz CT molecular complexity index is 259. The standard InChI is InChI=1S/C11H18O4/c1-3-4-5-6-7-11(13)9(14-2)8-10(12)15-11/h8,13H,3-7H2,1-2H3. The summed E-state index contributed by atoms with van der Waals surface area (Å²) < 4.78 is 9.75. The summed E-state index contributed by atoms with van der Waals surface area (Å²) in [6.45, 7) is 2.12. The first-order valence-corrected chi connectivity index (χ1v) is 5.34. The van der Waals surface area contributed by atoms with Crippen molar-refractivity contribution in [1.29, 1.82) is 0 Å². The smallest absolute Gasteiger partial charge is 0.337 e. The van der Waals surface area contributed by atoms with Crippen LogP contribution in [0.2, 0.25) is 0 Å². The molecule has 15 heavy (non-hydrogen) atoms. The summed E-state index contributed by atoms with van der Waals surface area (Å²) >= 11 is 0. The summed E-state index contributed by atoms with van der Waals surface area (Å²) in [7, 11) is 1.42. The molecular formula is C11H18O4. The van der Waals surface area contributed by atoms with Gasteiger partial charge in [-0.15, -0.1) is 0 Å². The van der Waals surface area contributed by atoms with Crippen LogP contribution in [0.3, 0.4) is 0 Å². The minimum absolute atomic E-state index is 0.212. The van der Waals surface area contributed by atoms with Crippen LogP contribution in [-0.4, -0.2) is 24.0 Å². The molecule has 0 aromatic rings. The van der Waals surface area contributed by atoms with E-state index in [4.69, 9.17) is 9.47 Å². The van der Waals surface area contributed by atoms with Crippen molar-refractivity contribution in [2.45, 2.75) is 44.8 Å². The molecule has 0 saturated heterocycles. The van der Waals surface area contributed by atoms with Crippen molar-refractivity contribution in [3.63, 3.8) is 0 Å². The molecule has 0 radical (unpaired) electrons. The summed E-state index contributed by atoms with van der Waals surface area (Å²) in [5.41, 5.74) is 0. The van der Waals surface area contributed by atoms with Crippen LogP contribution >= 0.6 is 0 Å². The topological polar surface area (TPSA) is 55.8 Å². The van der Waals surface area contributed by atoms with E-state index >= 15 is 0 Å². The first-order chi connectivity index (χ1) is 7.12. The number of aliphatic hydroxyl groups is 1. The molecule has 4 heteroatoms. The predicted octanol–water partition coefficient (Wildman–Crippen LogP) is 1.73. The molecule has 1 unspecified atom stereocenters. The molecule has 0 fully saturated rings. The van der Waals surface area contributed by atoms with Gasteiger partial charge in [-0.05, 0) is 6.42 Å². The molecule has 1 heterocycles. The van der Waals surface area contributed by atoms with Crippen LogP contribution in [0.1, 0.15) is 39.0 Å². The molecule has 1 aliphatic heterocycles. The van der Waals surface area contributed by atoms with Crippen LogP contribution in [-0.2, 0) is 14.3 Å². The van der Waals surface area contributed by atoms with E-state index in [0.717, 1.165) is 25.7 Å². The second kappa shape index (κ2) is 5.16. The fourth-order valence-electron chi connectivity index (χ4n) is 1.65. The van der Waals surface area contributed by atoms with Crippen LogP contribution < -0.4 is 0 Å². The van der Waals surface area contributed by atoms with Crippen LogP contribution in [0.4, 0.5) is 0 Å². The Hall–Kier alpha value is -1.03. The number of carbonyl (C=O) groups excluding carboxylic acids is 1. The highest BCUT2D eigenvalue weighted by Gasteiger charge is 2.42. The van der Waals surface area contributed by atoms with Crippen molar-refractivity contribution < 1.29 is 19.4 Å². The van der Waals surface area contributed by atoms with E-state index in [0.29, 0.717) is 6.42 Å².